The zero-order chi connectivity index (χ0) is 19.2. The fourth-order valence-corrected chi connectivity index (χ4v) is 3.89. The molecule has 1 saturated carbocycles. The Morgan fingerprint density at radius 3 is 2.42 bits per heavy atom. The third-order valence-corrected chi connectivity index (χ3v) is 5.72. The van der Waals surface area contributed by atoms with Gasteiger partial charge in [-0.3, -0.25) is 4.79 Å². The van der Waals surface area contributed by atoms with Crippen molar-refractivity contribution in [3.05, 3.63) is 29.3 Å². The van der Waals surface area contributed by atoms with E-state index >= 15 is 0 Å². The zero-order valence-corrected chi connectivity index (χ0v) is 14.2. The maximum absolute atomic E-state index is 13.6. The van der Waals surface area contributed by atoms with Gasteiger partial charge >= 0.3 is 12.1 Å². The summed E-state index contributed by atoms with van der Waals surface area (Å²) >= 11 is 0.640. The lowest BCUT2D eigenvalue weighted by molar-refractivity contribution is -0.267. The Labute approximate surface area is 149 Å². The van der Waals surface area contributed by atoms with Crippen molar-refractivity contribution < 1.29 is 33.0 Å². The van der Waals surface area contributed by atoms with E-state index in [1.54, 1.807) is 18.2 Å². The molecule has 6 nitrogen and oxygen atoms in total. The number of halogens is 3. The highest BCUT2D eigenvalue weighted by molar-refractivity contribution is 7.18. The second kappa shape index (κ2) is 6.20. The van der Waals surface area contributed by atoms with E-state index in [-0.39, 0.29) is 18.4 Å². The van der Waals surface area contributed by atoms with Gasteiger partial charge in [-0.2, -0.15) is 13.2 Å². The van der Waals surface area contributed by atoms with Crippen LogP contribution in [0.4, 0.5) is 13.2 Å². The first-order valence-corrected chi connectivity index (χ1v) is 8.59. The Balaban J connectivity index is 1.90. The van der Waals surface area contributed by atoms with Crippen LogP contribution >= 0.6 is 11.3 Å². The number of carboxylic acids is 1. The van der Waals surface area contributed by atoms with Crippen molar-refractivity contribution in [2.24, 2.45) is 0 Å². The number of carboxylic acid groups (broad SMARTS) is 1. The molecule has 1 amide bonds. The monoisotopic (exact) mass is 388 g/mol. The van der Waals surface area contributed by atoms with Crippen LogP contribution in [-0.2, 0) is 15.2 Å². The van der Waals surface area contributed by atoms with Gasteiger partial charge in [-0.25, -0.2) is 9.78 Å². The van der Waals surface area contributed by atoms with E-state index in [0.29, 0.717) is 22.5 Å². The number of amides is 1. The van der Waals surface area contributed by atoms with E-state index in [1.807, 2.05) is 0 Å². The predicted molar refractivity (Wildman–Crippen MR) is 86.5 cm³/mol. The second-order valence-corrected chi connectivity index (χ2v) is 7.34. The van der Waals surface area contributed by atoms with Crippen molar-refractivity contribution >= 4 is 33.4 Å². The van der Waals surface area contributed by atoms with Gasteiger partial charge in [0.2, 0.25) is 11.5 Å². The minimum absolute atomic E-state index is 0.139. The first kappa shape index (κ1) is 18.6. The molecule has 0 aliphatic heterocycles. The van der Waals surface area contributed by atoms with Gasteiger partial charge in [-0.15, -0.1) is 11.3 Å². The predicted octanol–water partition coefficient (Wildman–Crippen LogP) is 2.56. The van der Waals surface area contributed by atoms with Crippen molar-refractivity contribution in [3.8, 4) is 0 Å². The van der Waals surface area contributed by atoms with E-state index < -0.39 is 40.6 Å². The fourth-order valence-electron chi connectivity index (χ4n) is 2.81. The first-order chi connectivity index (χ1) is 12.1. The van der Waals surface area contributed by atoms with Crippen molar-refractivity contribution in [1.29, 1.82) is 0 Å². The Morgan fingerprint density at radius 2 is 1.92 bits per heavy atom. The van der Waals surface area contributed by atoms with E-state index in [9.17, 15) is 33.0 Å². The third kappa shape index (κ3) is 3.03. The van der Waals surface area contributed by atoms with Crippen molar-refractivity contribution in [3.63, 3.8) is 0 Å². The summed E-state index contributed by atoms with van der Waals surface area (Å²) in [5.41, 5.74) is -4.78. The molecule has 1 unspecified atom stereocenters. The molecular formula is C16H15F3N2O4S. The molecule has 3 N–H and O–H groups in total. The van der Waals surface area contributed by atoms with Crippen molar-refractivity contribution in [1.82, 2.24) is 10.3 Å². The van der Waals surface area contributed by atoms with Crippen molar-refractivity contribution in [2.75, 3.05) is 0 Å². The van der Waals surface area contributed by atoms with E-state index in [4.69, 9.17) is 0 Å². The molecule has 1 heterocycles. The third-order valence-electron chi connectivity index (χ3n) is 4.53. The molecule has 0 radical (unpaired) electrons. The molecule has 1 aromatic heterocycles. The number of rotatable bonds is 5. The molecule has 26 heavy (non-hydrogen) atoms. The lowest BCUT2D eigenvalue weighted by Gasteiger charge is -2.39. The molecule has 0 bridgehead atoms. The highest BCUT2D eigenvalue weighted by Crippen LogP contribution is 2.44. The van der Waals surface area contributed by atoms with E-state index in [0.717, 1.165) is 0 Å². The van der Waals surface area contributed by atoms with Crippen molar-refractivity contribution in [2.45, 2.75) is 43.0 Å². The number of thiazole rings is 1. The quantitative estimate of drug-likeness (QED) is 0.731. The highest BCUT2D eigenvalue weighted by atomic mass is 32.1. The zero-order valence-electron chi connectivity index (χ0n) is 13.3. The number of carbonyl (C=O) groups excluding carboxylic acids is 1. The molecule has 1 atom stereocenters. The summed E-state index contributed by atoms with van der Waals surface area (Å²) in [4.78, 5) is 27.3. The molecule has 1 aliphatic carbocycles. The Bertz CT molecular complexity index is 830. The number of hydrogen-bond acceptors (Lipinski definition) is 5. The number of nitrogens with zero attached hydrogens (tertiary/aromatic N) is 1. The number of para-hydroxylation sites is 1. The van der Waals surface area contributed by atoms with Crippen LogP contribution in [0.15, 0.2) is 24.3 Å². The number of benzene rings is 1. The van der Waals surface area contributed by atoms with Crippen LogP contribution in [0.25, 0.3) is 10.2 Å². The molecule has 0 spiro atoms. The minimum Gasteiger partial charge on any atom is -0.480 e. The molecular weight excluding hydrogens is 373 g/mol. The summed E-state index contributed by atoms with van der Waals surface area (Å²) in [5, 5.41) is 21.0. The minimum atomic E-state index is -5.16. The van der Waals surface area contributed by atoms with E-state index in [2.05, 4.69) is 10.3 Å². The maximum atomic E-state index is 13.6. The number of nitrogens with one attached hydrogen (secondary N) is 1. The molecule has 10 heteroatoms. The largest absolute Gasteiger partial charge is 0.480 e. The average Bonchev–Trinajstić information content (AvgIpc) is 2.93. The first-order valence-electron chi connectivity index (χ1n) is 7.77. The van der Waals surface area contributed by atoms with Crippen LogP contribution < -0.4 is 5.32 Å². The van der Waals surface area contributed by atoms with Crippen LogP contribution in [0.3, 0.4) is 0 Å². The maximum Gasteiger partial charge on any atom is 0.424 e. The van der Waals surface area contributed by atoms with Crippen LogP contribution in [0, 0.1) is 0 Å². The molecule has 1 aromatic carbocycles. The van der Waals surface area contributed by atoms with Crippen LogP contribution in [0.1, 0.15) is 30.7 Å². The lowest BCUT2D eigenvalue weighted by Crippen LogP contribution is -2.60. The van der Waals surface area contributed by atoms with Gasteiger partial charge in [0, 0.05) is 0 Å². The number of fused-ring (bicyclic) bond motifs is 1. The fraction of sp³-hybridized carbons (Fsp3) is 0.438. The van der Waals surface area contributed by atoms with Gasteiger partial charge in [0.25, 0.3) is 0 Å². The van der Waals surface area contributed by atoms with Gasteiger partial charge in [-0.05, 0) is 31.4 Å². The summed E-state index contributed by atoms with van der Waals surface area (Å²) in [7, 11) is 0. The molecule has 0 saturated heterocycles. The smallest absolute Gasteiger partial charge is 0.424 e. The topological polar surface area (TPSA) is 99.5 Å². The second-order valence-electron chi connectivity index (χ2n) is 6.31. The Morgan fingerprint density at radius 1 is 1.27 bits per heavy atom. The van der Waals surface area contributed by atoms with Gasteiger partial charge in [0.05, 0.1) is 16.6 Å². The number of alkyl halides is 3. The molecule has 1 fully saturated rings. The number of hydrogen-bond donors (Lipinski definition) is 3. The molecule has 1 aliphatic rings. The number of aliphatic hydroxyl groups is 1. The summed E-state index contributed by atoms with van der Waals surface area (Å²) < 4.78 is 41.2. The number of carbonyl (C=O) groups is 2. The summed E-state index contributed by atoms with van der Waals surface area (Å²) in [5.74, 6) is -2.49. The summed E-state index contributed by atoms with van der Waals surface area (Å²) in [6.07, 6.45) is -5.69. The average molecular weight is 388 g/mol. The summed E-state index contributed by atoms with van der Waals surface area (Å²) in [6.45, 7) is 0. The highest BCUT2D eigenvalue weighted by Gasteiger charge is 2.59. The standard InChI is InChI=1S/C16H15F3N2O4S/c17-16(18,19)15(25,12-20-9-4-1-2-5-10(9)26-12)8-11(22)21-14(13(23)24)6-3-7-14/h1-2,4-5,25H,3,6-8H2,(H,21,22)(H,23,24). The summed E-state index contributed by atoms with van der Waals surface area (Å²) in [6, 6.07) is 6.27. The number of aromatic nitrogens is 1. The molecule has 140 valence electrons. The van der Waals surface area contributed by atoms with Gasteiger partial charge in [-0.1, -0.05) is 12.1 Å². The van der Waals surface area contributed by atoms with Gasteiger partial charge in [0.1, 0.15) is 10.5 Å². The number of aliphatic carboxylic acids is 1. The van der Waals surface area contributed by atoms with E-state index in [1.165, 1.54) is 6.07 Å². The molecule has 2 aromatic rings. The van der Waals surface area contributed by atoms with Crippen LogP contribution in [-0.4, -0.2) is 38.8 Å². The van der Waals surface area contributed by atoms with Crippen LogP contribution in [0.5, 0.6) is 0 Å². The van der Waals surface area contributed by atoms with Crippen LogP contribution in [0.2, 0.25) is 0 Å². The van der Waals surface area contributed by atoms with Gasteiger partial charge < -0.3 is 15.5 Å². The van der Waals surface area contributed by atoms with Gasteiger partial charge in [0.15, 0.2) is 0 Å². The lowest BCUT2D eigenvalue weighted by atomic mass is 9.76. The normalized spacial score (nSPS) is 18.8. The molecule has 3 rings (SSSR count). The Kier molecular flexibility index (Phi) is 4.43. The SMILES string of the molecule is O=C(CC(O)(c1nc2ccccc2s1)C(F)(F)F)NC1(C(=O)O)CCC1. The Hall–Kier alpha value is -2.20.